The molecule has 34 heavy (non-hydrogen) atoms. The van der Waals surface area contributed by atoms with Crippen LogP contribution in [0.3, 0.4) is 0 Å². The highest BCUT2D eigenvalue weighted by Crippen LogP contribution is 2.25. The van der Waals surface area contributed by atoms with E-state index in [1.54, 1.807) is 31.4 Å². The van der Waals surface area contributed by atoms with Crippen molar-refractivity contribution in [1.82, 2.24) is 14.5 Å². The number of hydrogen-bond acceptors (Lipinski definition) is 5. The van der Waals surface area contributed by atoms with Crippen LogP contribution in [0.2, 0.25) is 0 Å². The molecule has 2 aromatic carbocycles. The lowest BCUT2D eigenvalue weighted by atomic mass is 9.97. The number of sulfonamides is 1. The van der Waals surface area contributed by atoms with Crippen molar-refractivity contribution in [1.29, 1.82) is 0 Å². The second kappa shape index (κ2) is 11.3. The first-order chi connectivity index (χ1) is 16.5. The lowest BCUT2D eigenvalue weighted by Gasteiger charge is -2.30. The monoisotopic (exact) mass is 485 g/mol. The molecule has 0 spiro atoms. The van der Waals surface area contributed by atoms with E-state index in [4.69, 9.17) is 4.74 Å². The molecular formula is C26H35N3O4S. The Balaban J connectivity index is 1.23. The van der Waals surface area contributed by atoms with Gasteiger partial charge < -0.3 is 10.1 Å². The van der Waals surface area contributed by atoms with E-state index in [2.05, 4.69) is 34.5 Å². The molecule has 184 valence electrons. The minimum atomic E-state index is -3.56. The highest BCUT2D eigenvalue weighted by atomic mass is 32.2. The van der Waals surface area contributed by atoms with Crippen LogP contribution in [-0.4, -0.2) is 56.8 Å². The number of rotatable bonds is 8. The third-order valence-corrected chi connectivity index (χ3v) is 8.78. The maximum absolute atomic E-state index is 12.9. The fraction of sp³-hybridized carbons (Fsp3) is 0.500. The Hall–Kier alpha value is -2.42. The van der Waals surface area contributed by atoms with Gasteiger partial charge >= 0.3 is 0 Å². The Morgan fingerprint density at radius 3 is 2.15 bits per heavy atom. The Morgan fingerprint density at radius 1 is 0.912 bits per heavy atom. The first-order valence-electron chi connectivity index (χ1n) is 12.2. The predicted molar refractivity (Wildman–Crippen MR) is 132 cm³/mol. The molecule has 1 N–H and O–H groups in total. The number of ether oxygens (including phenoxy) is 1. The Morgan fingerprint density at radius 2 is 1.53 bits per heavy atom. The second-order valence-corrected chi connectivity index (χ2v) is 11.2. The third-order valence-electron chi connectivity index (χ3n) is 6.87. The summed E-state index contributed by atoms with van der Waals surface area (Å²) in [6, 6.07) is 14.9. The number of piperidine rings is 2. The van der Waals surface area contributed by atoms with Gasteiger partial charge in [-0.15, -0.1) is 0 Å². The number of nitrogens with one attached hydrogen (secondary N) is 1. The molecule has 0 atom stereocenters. The van der Waals surface area contributed by atoms with E-state index < -0.39 is 10.0 Å². The van der Waals surface area contributed by atoms with Crippen molar-refractivity contribution in [3.8, 4) is 5.75 Å². The van der Waals surface area contributed by atoms with Gasteiger partial charge in [-0.2, -0.15) is 4.31 Å². The van der Waals surface area contributed by atoms with Crippen molar-refractivity contribution in [3.05, 3.63) is 59.7 Å². The fourth-order valence-corrected chi connectivity index (χ4v) is 6.20. The molecule has 4 rings (SSSR count). The van der Waals surface area contributed by atoms with Gasteiger partial charge in [-0.1, -0.05) is 30.7 Å². The van der Waals surface area contributed by atoms with E-state index in [1.807, 2.05) is 0 Å². The molecule has 0 aliphatic carbocycles. The summed E-state index contributed by atoms with van der Waals surface area (Å²) in [7, 11) is -2.02. The summed E-state index contributed by atoms with van der Waals surface area (Å²) in [5.74, 6) is 0.450. The lowest BCUT2D eigenvalue weighted by molar-refractivity contribution is -0.126. The van der Waals surface area contributed by atoms with Crippen molar-refractivity contribution in [2.45, 2.75) is 50.1 Å². The van der Waals surface area contributed by atoms with E-state index in [0.717, 1.165) is 12.1 Å². The molecule has 2 aromatic rings. The molecule has 0 radical (unpaired) electrons. The topological polar surface area (TPSA) is 79.0 Å². The van der Waals surface area contributed by atoms with Crippen LogP contribution < -0.4 is 10.1 Å². The van der Waals surface area contributed by atoms with Crippen LogP contribution in [-0.2, 0) is 27.9 Å². The van der Waals surface area contributed by atoms with Crippen LogP contribution in [0.4, 0.5) is 0 Å². The van der Waals surface area contributed by atoms with Gasteiger partial charge in [-0.25, -0.2) is 8.42 Å². The molecule has 2 saturated heterocycles. The first-order valence-corrected chi connectivity index (χ1v) is 13.6. The minimum absolute atomic E-state index is 0.00103. The average Bonchev–Trinajstić information content (AvgIpc) is 2.89. The Bertz CT molecular complexity index is 1040. The maximum atomic E-state index is 12.9. The smallest absolute Gasteiger partial charge is 0.243 e. The third kappa shape index (κ3) is 6.17. The molecule has 1 amide bonds. The first kappa shape index (κ1) is 24.7. The van der Waals surface area contributed by atoms with Crippen molar-refractivity contribution in [3.63, 3.8) is 0 Å². The maximum Gasteiger partial charge on any atom is 0.243 e. The number of carbonyl (C=O) groups excluding carboxylic acids is 1. The summed E-state index contributed by atoms with van der Waals surface area (Å²) < 4.78 is 32.4. The highest BCUT2D eigenvalue weighted by Gasteiger charge is 2.32. The molecule has 7 nitrogen and oxygen atoms in total. The van der Waals surface area contributed by atoms with Crippen molar-refractivity contribution in [2.75, 3.05) is 33.3 Å². The largest absolute Gasteiger partial charge is 0.497 e. The van der Waals surface area contributed by atoms with E-state index >= 15 is 0 Å². The summed E-state index contributed by atoms with van der Waals surface area (Å²) in [6.07, 6.45) is 4.96. The lowest BCUT2D eigenvalue weighted by Crippen LogP contribution is -2.42. The zero-order chi connectivity index (χ0) is 24.0. The number of hydrogen-bond donors (Lipinski definition) is 1. The molecule has 8 heteroatoms. The Labute approximate surface area is 203 Å². The van der Waals surface area contributed by atoms with Gasteiger partial charge in [0.05, 0.1) is 12.0 Å². The number of amides is 1. The van der Waals surface area contributed by atoms with Gasteiger partial charge in [0.2, 0.25) is 15.9 Å². The molecule has 0 saturated carbocycles. The van der Waals surface area contributed by atoms with Gasteiger partial charge in [-0.3, -0.25) is 9.69 Å². The summed E-state index contributed by atoms with van der Waals surface area (Å²) >= 11 is 0. The number of likely N-dealkylation sites (tertiary alicyclic amines) is 1. The van der Waals surface area contributed by atoms with Gasteiger partial charge in [0, 0.05) is 32.1 Å². The van der Waals surface area contributed by atoms with Crippen LogP contribution in [0, 0.1) is 5.92 Å². The molecule has 2 aliphatic heterocycles. The predicted octanol–water partition coefficient (Wildman–Crippen LogP) is 3.40. The number of methoxy groups -OCH3 is 1. The van der Waals surface area contributed by atoms with Crippen LogP contribution in [0.25, 0.3) is 0 Å². The molecule has 2 aliphatic rings. The standard InChI is InChI=1S/C26H35N3O4S/c1-33-24-9-11-25(12-10-24)34(31,32)29-17-13-23(14-18-29)26(30)27-19-21-5-7-22(8-6-21)20-28-15-3-2-4-16-28/h5-12,23H,2-4,13-20H2,1H3,(H,27,30). The van der Waals surface area contributed by atoms with Crippen LogP contribution in [0.1, 0.15) is 43.2 Å². The second-order valence-electron chi connectivity index (χ2n) is 9.22. The quantitative estimate of drug-likeness (QED) is 0.620. The van der Waals surface area contributed by atoms with Crippen LogP contribution >= 0.6 is 0 Å². The van der Waals surface area contributed by atoms with Crippen molar-refractivity contribution >= 4 is 15.9 Å². The summed E-state index contributed by atoms with van der Waals surface area (Å²) in [4.78, 5) is 15.4. The normalized spacial score (nSPS) is 18.5. The minimum Gasteiger partial charge on any atom is -0.497 e. The summed E-state index contributed by atoms with van der Waals surface area (Å²) in [6.45, 7) is 4.53. The highest BCUT2D eigenvalue weighted by molar-refractivity contribution is 7.89. The molecule has 0 aromatic heterocycles. The molecule has 0 bridgehead atoms. The van der Waals surface area contributed by atoms with E-state index in [0.29, 0.717) is 38.2 Å². The zero-order valence-electron chi connectivity index (χ0n) is 19.9. The Kier molecular flexibility index (Phi) is 8.24. The molecular weight excluding hydrogens is 450 g/mol. The van der Waals surface area contributed by atoms with Crippen molar-refractivity contribution < 1.29 is 17.9 Å². The van der Waals surface area contributed by atoms with Gasteiger partial charge in [0.25, 0.3) is 0 Å². The average molecular weight is 486 g/mol. The van der Waals surface area contributed by atoms with Crippen molar-refractivity contribution in [2.24, 2.45) is 5.92 Å². The molecule has 2 fully saturated rings. The fourth-order valence-electron chi connectivity index (χ4n) is 4.73. The zero-order valence-corrected chi connectivity index (χ0v) is 20.7. The summed E-state index contributed by atoms with van der Waals surface area (Å²) in [5.41, 5.74) is 2.39. The van der Waals surface area contributed by atoms with Gasteiger partial charge in [0.15, 0.2) is 0 Å². The summed E-state index contributed by atoms with van der Waals surface area (Å²) in [5, 5.41) is 3.04. The number of nitrogens with zero attached hydrogens (tertiary/aromatic N) is 2. The molecule has 0 unspecified atom stereocenters. The number of carbonyl (C=O) groups is 1. The van der Waals surface area contributed by atoms with Crippen LogP contribution in [0.5, 0.6) is 5.75 Å². The van der Waals surface area contributed by atoms with E-state index in [1.165, 1.54) is 42.2 Å². The molecule has 2 heterocycles. The number of benzene rings is 2. The van der Waals surface area contributed by atoms with E-state index in [9.17, 15) is 13.2 Å². The van der Waals surface area contributed by atoms with E-state index in [-0.39, 0.29) is 16.7 Å². The van der Waals surface area contributed by atoms with Gasteiger partial charge in [0.1, 0.15) is 5.75 Å². The van der Waals surface area contributed by atoms with Gasteiger partial charge in [-0.05, 0) is 74.2 Å². The van der Waals surface area contributed by atoms with Crippen LogP contribution in [0.15, 0.2) is 53.4 Å². The SMILES string of the molecule is COc1ccc(S(=O)(=O)N2CCC(C(=O)NCc3ccc(CN4CCCCC4)cc3)CC2)cc1.